The Labute approximate surface area is 91.7 Å². The molecular weight excluding hydrogens is 188 g/mol. The number of hydrogen-bond donors (Lipinski definition) is 2. The van der Waals surface area contributed by atoms with E-state index in [1.807, 2.05) is 12.2 Å². The van der Waals surface area contributed by atoms with Crippen LogP contribution in [0.15, 0.2) is 37.1 Å². The first-order valence-electron chi connectivity index (χ1n) is 5.17. The molecule has 0 unspecified atom stereocenters. The Morgan fingerprint density at radius 3 is 2.67 bits per heavy atom. The first-order chi connectivity index (χ1) is 7.16. The molecule has 0 saturated carbocycles. The lowest BCUT2D eigenvalue weighted by Crippen LogP contribution is -2.13. The van der Waals surface area contributed by atoms with E-state index in [0.29, 0.717) is 6.42 Å². The Balaban J connectivity index is 3.31. The summed E-state index contributed by atoms with van der Waals surface area (Å²) in [5.41, 5.74) is 5.90. The van der Waals surface area contributed by atoms with Crippen LogP contribution in [0.5, 0.6) is 0 Å². The first-order valence-corrected chi connectivity index (χ1v) is 5.17. The monoisotopic (exact) mass is 208 g/mol. The van der Waals surface area contributed by atoms with Crippen LogP contribution in [-0.4, -0.2) is 12.5 Å². The second-order valence-corrected chi connectivity index (χ2v) is 3.32. The van der Waals surface area contributed by atoms with Gasteiger partial charge in [0.25, 0.3) is 0 Å². The molecule has 1 amide bonds. The third-order valence-corrected chi connectivity index (χ3v) is 1.89. The third kappa shape index (κ3) is 10.4. The van der Waals surface area contributed by atoms with Crippen LogP contribution in [0, 0.1) is 0 Å². The summed E-state index contributed by atoms with van der Waals surface area (Å²) in [6.45, 7) is 8.26. The van der Waals surface area contributed by atoms with E-state index in [1.165, 1.54) is 0 Å². The minimum Gasteiger partial charge on any atom is -0.386 e. The normalized spacial score (nSPS) is 10.1. The molecule has 15 heavy (non-hydrogen) atoms. The fourth-order valence-electron chi connectivity index (χ4n) is 1.09. The average molecular weight is 208 g/mol. The van der Waals surface area contributed by atoms with Crippen LogP contribution in [0.3, 0.4) is 0 Å². The van der Waals surface area contributed by atoms with E-state index in [4.69, 9.17) is 5.73 Å². The number of rotatable bonds is 9. The average Bonchev–Trinajstić information content (AvgIpc) is 2.19. The van der Waals surface area contributed by atoms with E-state index in [0.717, 1.165) is 31.5 Å². The Morgan fingerprint density at radius 1 is 1.33 bits per heavy atom. The molecule has 0 rings (SSSR count). The third-order valence-electron chi connectivity index (χ3n) is 1.89. The Kier molecular flexibility index (Phi) is 8.15. The molecule has 0 aliphatic heterocycles. The molecule has 84 valence electrons. The molecule has 3 N–H and O–H groups in total. The maximum Gasteiger partial charge on any atom is 0.217 e. The number of allylic oxidation sites excluding steroid dienone is 3. The summed E-state index contributed by atoms with van der Waals surface area (Å²) in [6, 6.07) is 0. The quantitative estimate of drug-likeness (QED) is 0.449. The predicted octanol–water partition coefficient (Wildman–Crippen LogP) is 1.88. The zero-order chi connectivity index (χ0) is 11.5. The van der Waals surface area contributed by atoms with Crippen molar-refractivity contribution in [1.82, 2.24) is 5.32 Å². The molecule has 0 aromatic heterocycles. The molecule has 0 spiro atoms. The van der Waals surface area contributed by atoms with Crippen molar-refractivity contribution in [3.05, 3.63) is 37.1 Å². The molecule has 0 fully saturated rings. The smallest absolute Gasteiger partial charge is 0.217 e. The van der Waals surface area contributed by atoms with Gasteiger partial charge in [0.15, 0.2) is 0 Å². The minimum absolute atomic E-state index is 0.221. The van der Waals surface area contributed by atoms with Crippen molar-refractivity contribution >= 4 is 5.91 Å². The highest BCUT2D eigenvalue weighted by atomic mass is 16.1. The van der Waals surface area contributed by atoms with E-state index < -0.39 is 0 Å². The molecule has 0 saturated heterocycles. The highest BCUT2D eigenvalue weighted by Gasteiger charge is 1.94. The SMILES string of the molecule is C=C/C=C\C(=C)NCCCCCC(N)=O. The summed E-state index contributed by atoms with van der Waals surface area (Å²) in [7, 11) is 0. The molecule has 3 nitrogen and oxygen atoms in total. The van der Waals surface area contributed by atoms with Crippen molar-refractivity contribution in [2.24, 2.45) is 5.73 Å². The molecule has 0 aliphatic carbocycles. The fraction of sp³-hybridized carbons (Fsp3) is 0.417. The number of nitrogens with two attached hydrogens (primary N) is 1. The maximum atomic E-state index is 10.4. The van der Waals surface area contributed by atoms with Crippen LogP contribution >= 0.6 is 0 Å². The topological polar surface area (TPSA) is 55.1 Å². The molecule has 0 aromatic rings. The van der Waals surface area contributed by atoms with Crippen LogP contribution in [-0.2, 0) is 4.79 Å². The summed E-state index contributed by atoms with van der Waals surface area (Å²) in [6.07, 6.45) is 8.80. The van der Waals surface area contributed by atoms with Gasteiger partial charge in [-0.3, -0.25) is 4.79 Å². The fourth-order valence-corrected chi connectivity index (χ4v) is 1.09. The van der Waals surface area contributed by atoms with Gasteiger partial charge in [-0.15, -0.1) is 0 Å². The van der Waals surface area contributed by atoms with Gasteiger partial charge in [-0.1, -0.05) is 31.7 Å². The standard InChI is InChI=1S/C12H20N2O/c1-3-4-8-11(2)14-10-7-5-6-9-12(13)15/h3-4,8,14H,1-2,5-7,9-10H2,(H2,13,15)/b8-4-. The molecular formula is C12H20N2O. The van der Waals surface area contributed by atoms with Crippen molar-refractivity contribution < 1.29 is 4.79 Å². The molecule has 0 bridgehead atoms. The predicted molar refractivity (Wildman–Crippen MR) is 64.1 cm³/mol. The van der Waals surface area contributed by atoms with Gasteiger partial charge in [0.1, 0.15) is 0 Å². The van der Waals surface area contributed by atoms with Gasteiger partial charge in [0, 0.05) is 18.7 Å². The van der Waals surface area contributed by atoms with Gasteiger partial charge >= 0.3 is 0 Å². The van der Waals surface area contributed by atoms with E-state index in [9.17, 15) is 4.79 Å². The second kappa shape index (κ2) is 9.06. The number of carbonyl (C=O) groups is 1. The zero-order valence-corrected chi connectivity index (χ0v) is 9.17. The number of primary amides is 1. The molecule has 0 aliphatic rings. The maximum absolute atomic E-state index is 10.4. The summed E-state index contributed by atoms with van der Waals surface area (Å²) in [5, 5.41) is 3.16. The van der Waals surface area contributed by atoms with Gasteiger partial charge in [-0.05, 0) is 18.9 Å². The van der Waals surface area contributed by atoms with Gasteiger partial charge in [0.2, 0.25) is 5.91 Å². The van der Waals surface area contributed by atoms with E-state index >= 15 is 0 Å². The lowest BCUT2D eigenvalue weighted by atomic mass is 10.2. The van der Waals surface area contributed by atoms with E-state index in [1.54, 1.807) is 6.08 Å². The number of unbranched alkanes of at least 4 members (excludes halogenated alkanes) is 2. The number of hydrogen-bond acceptors (Lipinski definition) is 2. The lowest BCUT2D eigenvalue weighted by Gasteiger charge is -2.04. The zero-order valence-electron chi connectivity index (χ0n) is 9.17. The van der Waals surface area contributed by atoms with Crippen LogP contribution in [0.1, 0.15) is 25.7 Å². The molecule has 3 heteroatoms. The molecule has 0 atom stereocenters. The lowest BCUT2D eigenvalue weighted by molar-refractivity contribution is -0.118. The van der Waals surface area contributed by atoms with Gasteiger partial charge < -0.3 is 11.1 Å². The summed E-state index contributed by atoms with van der Waals surface area (Å²) < 4.78 is 0. The highest BCUT2D eigenvalue weighted by Crippen LogP contribution is 1.98. The highest BCUT2D eigenvalue weighted by molar-refractivity contribution is 5.73. The Hall–Kier alpha value is -1.51. The summed E-state index contributed by atoms with van der Waals surface area (Å²) in [5.74, 6) is -0.221. The van der Waals surface area contributed by atoms with E-state index in [-0.39, 0.29) is 5.91 Å². The summed E-state index contributed by atoms with van der Waals surface area (Å²) >= 11 is 0. The van der Waals surface area contributed by atoms with Crippen molar-refractivity contribution in [3.8, 4) is 0 Å². The largest absolute Gasteiger partial charge is 0.386 e. The van der Waals surface area contributed by atoms with E-state index in [2.05, 4.69) is 18.5 Å². The second-order valence-electron chi connectivity index (χ2n) is 3.32. The number of amides is 1. The van der Waals surface area contributed by atoms with Crippen LogP contribution in [0.2, 0.25) is 0 Å². The summed E-state index contributed by atoms with van der Waals surface area (Å²) in [4.78, 5) is 10.4. The number of nitrogens with one attached hydrogen (secondary N) is 1. The molecule has 0 radical (unpaired) electrons. The number of carbonyl (C=O) groups excluding carboxylic acids is 1. The minimum atomic E-state index is -0.221. The Morgan fingerprint density at radius 2 is 2.07 bits per heavy atom. The van der Waals surface area contributed by atoms with Gasteiger partial charge in [0.05, 0.1) is 0 Å². The Bertz CT molecular complexity index is 244. The van der Waals surface area contributed by atoms with Crippen LogP contribution < -0.4 is 11.1 Å². The van der Waals surface area contributed by atoms with Crippen molar-refractivity contribution in [1.29, 1.82) is 0 Å². The first kappa shape index (κ1) is 13.5. The van der Waals surface area contributed by atoms with Crippen LogP contribution in [0.4, 0.5) is 0 Å². The van der Waals surface area contributed by atoms with Crippen molar-refractivity contribution in [3.63, 3.8) is 0 Å². The van der Waals surface area contributed by atoms with Crippen molar-refractivity contribution in [2.45, 2.75) is 25.7 Å². The molecule has 0 aromatic carbocycles. The van der Waals surface area contributed by atoms with Crippen LogP contribution in [0.25, 0.3) is 0 Å². The van der Waals surface area contributed by atoms with Gasteiger partial charge in [-0.25, -0.2) is 0 Å². The molecule has 0 heterocycles. The van der Waals surface area contributed by atoms with Gasteiger partial charge in [-0.2, -0.15) is 0 Å². The van der Waals surface area contributed by atoms with Crippen molar-refractivity contribution in [2.75, 3.05) is 6.54 Å².